The van der Waals surface area contributed by atoms with Crippen molar-refractivity contribution in [2.45, 2.75) is 33.2 Å². The molecule has 0 fully saturated rings. The number of carbonyl (C=O) groups excluding carboxylic acids is 1. The van der Waals surface area contributed by atoms with E-state index in [2.05, 4.69) is 23.8 Å². The van der Waals surface area contributed by atoms with E-state index in [4.69, 9.17) is 5.73 Å². The average Bonchev–Trinajstić information content (AvgIpc) is 2.80. The van der Waals surface area contributed by atoms with Gasteiger partial charge in [0.25, 0.3) is 0 Å². The first-order chi connectivity index (χ1) is 8.52. The summed E-state index contributed by atoms with van der Waals surface area (Å²) in [5.41, 5.74) is 5.72. The summed E-state index contributed by atoms with van der Waals surface area (Å²) in [6.45, 7) is 5.39. The number of aromatic amines is 1. The summed E-state index contributed by atoms with van der Waals surface area (Å²) in [4.78, 5) is 20.8. The van der Waals surface area contributed by atoms with Gasteiger partial charge >= 0.3 is 0 Å². The number of rotatable bonds is 7. The minimum absolute atomic E-state index is 0.127. The zero-order valence-electron chi connectivity index (χ0n) is 11.5. The predicted molar refractivity (Wildman–Crippen MR) is 71.7 cm³/mol. The molecular weight excluding hydrogens is 228 g/mol. The van der Waals surface area contributed by atoms with Gasteiger partial charge < -0.3 is 15.6 Å². The molecular formula is C13H24N4O. The first-order valence-corrected chi connectivity index (χ1v) is 6.45. The van der Waals surface area contributed by atoms with E-state index >= 15 is 0 Å². The maximum atomic E-state index is 12.0. The molecule has 1 aromatic heterocycles. The molecule has 0 radical (unpaired) electrons. The molecule has 1 heterocycles. The lowest BCUT2D eigenvalue weighted by atomic mass is 9.94. The summed E-state index contributed by atoms with van der Waals surface area (Å²) >= 11 is 0. The highest BCUT2D eigenvalue weighted by molar-refractivity contribution is 5.76. The lowest BCUT2D eigenvalue weighted by molar-refractivity contribution is -0.131. The Morgan fingerprint density at radius 3 is 2.78 bits per heavy atom. The number of amides is 1. The van der Waals surface area contributed by atoms with Crippen molar-refractivity contribution in [1.29, 1.82) is 0 Å². The van der Waals surface area contributed by atoms with Crippen molar-refractivity contribution in [3.63, 3.8) is 0 Å². The lowest BCUT2D eigenvalue weighted by Gasteiger charge is -2.21. The van der Waals surface area contributed by atoms with E-state index in [1.165, 1.54) is 0 Å². The van der Waals surface area contributed by atoms with Crippen molar-refractivity contribution < 1.29 is 4.79 Å². The first kappa shape index (κ1) is 14.7. The molecule has 5 nitrogen and oxygen atoms in total. The minimum atomic E-state index is 0.127. The Kier molecular flexibility index (Phi) is 5.85. The van der Waals surface area contributed by atoms with Gasteiger partial charge in [0.05, 0.1) is 6.54 Å². The van der Waals surface area contributed by atoms with Gasteiger partial charge in [0, 0.05) is 25.9 Å². The summed E-state index contributed by atoms with van der Waals surface area (Å²) < 4.78 is 0. The third-order valence-electron chi connectivity index (χ3n) is 2.97. The van der Waals surface area contributed by atoms with Crippen LogP contribution >= 0.6 is 0 Å². The zero-order valence-corrected chi connectivity index (χ0v) is 11.5. The maximum Gasteiger partial charge on any atom is 0.223 e. The first-order valence-electron chi connectivity index (χ1n) is 6.45. The summed E-state index contributed by atoms with van der Waals surface area (Å²) in [5, 5.41) is 0. The number of nitrogens with one attached hydrogen (secondary N) is 1. The van der Waals surface area contributed by atoms with E-state index in [-0.39, 0.29) is 11.8 Å². The van der Waals surface area contributed by atoms with Gasteiger partial charge in [0.15, 0.2) is 0 Å². The van der Waals surface area contributed by atoms with Gasteiger partial charge in [-0.25, -0.2) is 4.98 Å². The van der Waals surface area contributed by atoms with Crippen molar-refractivity contribution in [3.8, 4) is 0 Å². The second-order valence-corrected chi connectivity index (χ2v) is 5.22. The number of hydrogen-bond acceptors (Lipinski definition) is 3. The van der Waals surface area contributed by atoms with Gasteiger partial charge in [-0.3, -0.25) is 4.79 Å². The molecule has 5 heteroatoms. The summed E-state index contributed by atoms with van der Waals surface area (Å²) in [6, 6.07) is 0. The summed E-state index contributed by atoms with van der Waals surface area (Å²) in [6.07, 6.45) is 4.97. The van der Waals surface area contributed by atoms with Gasteiger partial charge in [-0.2, -0.15) is 0 Å². The van der Waals surface area contributed by atoms with Crippen LogP contribution < -0.4 is 5.73 Å². The van der Waals surface area contributed by atoms with Crippen LogP contribution in [0, 0.1) is 11.8 Å². The fraction of sp³-hybridized carbons (Fsp3) is 0.692. The fourth-order valence-electron chi connectivity index (χ4n) is 2.03. The number of imidazole rings is 1. The van der Waals surface area contributed by atoms with E-state index < -0.39 is 0 Å². The third-order valence-corrected chi connectivity index (χ3v) is 2.97. The smallest absolute Gasteiger partial charge is 0.223 e. The molecule has 0 aliphatic heterocycles. The molecule has 18 heavy (non-hydrogen) atoms. The Balaban J connectivity index is 2.43. The summed E-state index contributed by atoms with van der Waals surface area (Å²) in [5.74, 6) is 1.78. The number of nitrogens with zero attached hydrogens (tertiary/aromatic N) is 2. The van der Waals surface area contributed by atoms with E-state index in [0.29, 0.717) is 25.4 Å². The Bertz CT molecular complexity index is 348. The van der Waals surface area contributed by atoms with Gasteiger partial charge in [0.1, 0.15) is 5.82 Å². The molecule has 0 saturated heterocycles. The van der Waals surface area contributed by atoms with Crippen molar-refractivity contribution in [1.82, 2.24) is 14.9 Å². The van der Waals surface area contributed by atoms with Crippen LogP contribution in [0.15, 0.2) is 12.4 Å². The van der Waals surface area contributed by atoms with E-state index in [1.807, 2.05) is 0 Å². The van der Waals surface area contributed by atoms with Crippen molar-refractivity contribution in [3.05, 3.63) is 18.2 Å². The quantitative estimate of drug-likeness (QED) is 0.770. The largest absolute Gasteiger partial charge is 0.347 e. The maximum absolute atomic E-state index is 12.0. The van der Waals surface area contributed by atoms with Crippen molar-refractivity contribution >= 4 is 5.91 Å². The second kappa shape index (κ2) is 7.16. The molecule has 0 saturated carbocycles. The highest BCUT2D eigenvalue weighted by Crippen LogP contribution is 2.15. The second-order valence-electron chi connectivity index (χ2n) is 5.22. The van der Waals surface area contributed by atoms with E-state index in [1.54, 1.807) is 24.3 Å². The number of H-pyrrole nitrogens is 1. The van der Waals surface area contributed by atoms with Crippen molar-refractivity contribution in [2.75, 3.05) is 13.6 Å². The SMILES string of the molecule is CC(C)C[C@H](CN)CC(=O)N(C)Cc1ncc[nH]1. The Hall–Kier alpha value is -1.36. The monoisotopic (exact) mass is 252 g/mol. The lowest BCUT2D eigenvalue weighted by Crippen LogP contribution is -2.30. The van der Waals surface area contributed by atoms with Crippen LogP contribution in [0.2, 0.25) is 0 Å². The van der Waals surface area contributed by atoms with Gasteiger partial charge in [-0.05, 0) is 24.8 Å². The van der Waals surface area contributed by atoms with Crippen LogP contribution in [0.1, 0.15) is 32.5 Å². The summed E-state index contributed by atoms with van der Waals surface area (Å²) in [7, 11) is 1.80. The minimum Gasteiger partial charge on any atom is -0.347 e. The van der Waals surface area contributed by atoms with Crippen LogP contribution in [0.5, 0.6) is 0 Å². The van der Waals surface area contributed by atoms with Crippen LogP contribution in [-0.4, -0.2) is 34.4 Å². The molecule has 1 rings (SSSR count). The Morgan fingerprint density at radius 2 is 2.28 bits per heavy atom. The molecule has 0 spiro atoms. The topological polar surface area (TPSA) is 75.0 Å². The van der Waals surface area contributed by atoms with Crippen LogP contribution in [0.3, 0.4) is 0 Å². The molecule has 0 aliphatic rings. The predicted octanol–water partition coefficient (Wildman–Crippen LogP) is 1.38. The van der Waals surface area contributed by atoms with Gasteiger partial charge in [-0.1, -0.05) is 13.8 Å². The Labute approximate surface area is 109 Å². The number of nitrogens with two attached hydrogens (primary N) is 1. The van der Waals surface area contributed by atoms with Crippen LogP contribution in [0.4, 0.5) is 0 Å². The zero-order chi connectivity index (χ0) is 13.5. The molecule has 1 amide bonds. The van der Waals surface area contributed by atoms with Crippen LogP contribution in [-0.2, 0) is 11.3 Å². The standard InChI is InChI=1S/C13H24N4O/c1-10(2)6-11(8-14)7-13(18)17(3)9-12-15-4-5-16-12/h4-5,10-11H,6-9,14H2,1-3H3,(H,15,16)/t11-/m0/s1. The number of aromatic nitrogens is 2. The number of hydrogen-bond donors (Lipinski definition) is 2. The fourth-order valence-corrected chi connectivity index (χ4v) is 2.03. The Morgan fingerprint density at radius 1 is 1.56 bits per heavy atom. The molecule has 0 unspecified atom stereocenters. The van der Waals surface area contributed by atoms with Gasteiger partial charge in [0.2, 0.25) is 5.91 Å². The van der Waals surface area contributed by atoms with E-state index in [9.17, 15) is 4.79 Å². The molecule has 1 aromatic rings. The number of carbonyl (C=O) groups is 1. The highest BCUT2D eigenvalue weighted by atomic mass is 16.2. The molecule has 0 aliphatic carbocycles. The highest BCUT2D eigenvalue weighted by Gasteiger charge is 2.17. The van der Waals surface area contributed by atoms with Gasteiger partial charge in [-0.15, -0.1) is 0 Å². The van der Waals surface area contributed by atoms with E-state index in [0.717, 1.165) is 12.2 Å². The van der Waals surface area contributed by atoms with Crippen LogP contribution in [0.25, 0.3) is 0 Å². The molecule has 0 aromatic carbocycles. The van der Waals surface area contributed by atoms with Crippen molar-refractivity contribution in [2.24, 2.45) is 17.6 Å². The average molecular weight is 252 g/mol. The molecule has 1 atom stereocenters. The molecule has 3 N–H and O–H groups in total. The molecule has 102 valence electrons. The molecule has 0 bridgehead atoms. The third kappa shape index (κ3) is 4.87. The normalized spacial score (nSPS) is 12.7.